The van der Waals surface area contributed by atoms with Gasteiger partial charge in [-0.1, -0.05) is 6.07 Å². The Hall–Kier alpha value is -0.840. The normalized spacial score (nSPS) is 11.4. The van der Waals surface area contributed by atoms with Gasteiger partial charge in [-0.05, 0) is 18.4 Å². The van der Waals surface area contributed by atoms with E-state index in [1.54, 1.807) is 22.7 Å². The van der Waals surface area contributed by atoms with Crippen LogP contribution >= 0.6 is 34.3 Å². The molecule has 82 valence electrons. The van der Waals surface area contributed by atoms with Crippen LogP contribution in [0.3, 0.4) is 0 Å². The summed E-state index contributed by atoms with van der Waals surface area (Å²) in [6.45, 7) is 2.13. The number of hydrogen-bond acceptors (Lipinski definition) is 3. The van der Waals surface area contributed by atoms with Gasteiger partial charge in [-0.25, -0.2) is 4.98 Å². The van der Waals surface area contributed by atoms with Gasteiger partial charge in [0, 0.05) is 11.1 Å². The highest BCUT2D eigenvalue weighted by molar-refractivity contribution is 7.18. The first-order chi connectivity index (χ1) is 7.79. The highest BCUT2D eigenvalue weighted by Crippen LogP contribution is 2.33. The van der Waals surface area contributed by atoms with Gasteiger partial charge in [0.05, 0.1) is 22.1 Å². The number of aryl methyl sites for hydroxylation is 1. The number of aromatic nitrogens is 2. The van der Waals surface area contributed by atoms with Crippen molar-refractivity contribution in [2.75, 3.05) is 0 Å². The van der Waals surface area contributed by atoms with E-state index in [2.05, 4.69) is 33.8 Å². The number of hydrogen-bond donors (Lipinski definition) is 0. The van der Waals surface area contributed by atoms with Gasteiger partial charge in [0.25, 0.3) is 0 Å². The zero-order valence-electron chi connectivity index (χ0n) is 8.61. The SMILES string of the molecule is Cc1sc2nc(CCl)cn2c1-c1cccs1. The third kappa shape index (κ3) is 1.49. The van der Waals surface area contributed by atoms with Crippen LogP contribution in [0, 0.1) is 6.92 Å². The fourth-order valence-electron chi connectivity index (χ4n) is 1.77. The van der Waals surface area contributed by atoms with Crippen molar-refractivity contribution in [1.29, 1.82) is 0 Å². The second-order valence-corrected chi connectivity index (χ2v) is 5.90. The second-order valence-electron chi connectivity index (χ2n) is 3.50. The summed E-state index contributed by atoms with van der Waals surface area (Å²) in [5.74, 6) is 0.470. The lowest BCUT2D eigenvalue weighted by Crippen LogP contribution is -1.82. The molecule has 0 aliphatic heterocycles. The highest BCUT2D eigenvalue weighted by Gasteiger charge is 2.13. The summed E-state index contributed by atoms with van der Waals surface area (Å²) in [4.78, 5) is 8.08. The van der Waals surface area contributed by atoms with Gasteiger partial charge in [-0.3, -0.25) is 4.40 Å². The van der Waals surface area contributed by atoms with Gasteiger partial charge in [0.15, 0.2) is 4.96 Å². The first-order valence-electron chi connectivity index (χ1n) is 4.87. The number of thiazole rings is 1. The summed E-state index contributed by atoms with van der Waals surface area (Å²) in [5.41, 5.74) is 2.18. The van der Waals surface area contributed by atoms with Crippen molar-refractivity contribution in [3.63, 3.8) is 0 Å². The van der Waals surface area contributed by atoms with E-state index in [4.69, 9.17) is 11.6 Å². The quantitative estimate of drug-likeness (QED) is 0.638. The number of thiophene rings is 1. The molecule has 0 aliphatic rings. The van der Waals surface area contributed by atoms with E-state index in [9.17, 15) is 0 Å². The summed E-state index contributed by atoms with van der Waals surface area (Å²) >= 11 is 9.27. The maximum absolute atomic E-state index is 5.80. The largest absolute Gasteiger partial charge is 0.289 e. The minimum atomic E-state index is 0.470. The zero-order valence-corrected chi connectivity index (χ0v) is 11.0. The molecule has 0 amide bonds. The molecule has 3 rings (SSSR count). The summed E-state index contributed by atoms with van der Waals surface area (Å²) in [7, 11) is 0. The summed E-state index contributed by atoms with van der Waals surface area (Å²) < 4.78 is 2.14. The maximum Gasteiger partial charge on any atom is 0.194 e. The van der Waals surface area contributed by atoms with Gasteiger partial charge in [0.1, 0.15) is 0 Å². The Morgan fingerprint density at radius 3 is 3.06 bits per heavy atom. The van der Waals surface area contributed by atoms with E-state index >= 15 is 0 Å². The van der Waals surface area contributed by atoms with Crippen LogP contribution < -0.4 is 0 Å². The van der Waals surface area contributed by atoms with E-state index in [0.717, 1.165) is 10.7 Å². The highest BCUT2D eigenvalue weighted by atomic mass is 35.5. The Morgan fingerprint density at radius 1 is 1.50 bits per heavy atom. The van der Waals surface area contributed by atoms with E-state index in [-0.39, 0.29) is 0 Å². The van der Waals surface area contributed by atoms with Gasteiger partial charge in [0.2, 0.25) is 0 Å². The fraction of sp³-hybridized carbons (Fsp3) is 0.182. The van der Waals surface area contributed by atoms with Crippen molar-refractivity contribution < 1.29 is 0 Å². The Bertz CT molecular complexity index is 622. The van der Waals surface area contributed by atoms with Crippen LogP contribution in [0.15, 0.2) is 23.7 Å². The average molecular weight is 269 g/mol. The predicted octanol–water partition coefficient (Wildman–Crippen LogP) is 4.17. The van der Waals surface area contributed by atoms with Crippen LogP contribution in [-0.2, 0) is 5.88 Å². The molecule has 0 atom stereocenters. The number of nitrogens with zero attached hydrogens (tertiary/aromatic N) is 2. The molecule has 0 unspecified atom stereocenters. The molecule has 0 spiro atoms. The Kier molecular flexibility index (Phi) is 2.50. The van der Waals surface area contributed by atoms with Crippen LogP contribution in [-0.4, -0.2) is 9.38 Å². The molecular weight excluding hydrogens is 260 g/mol. The van der Waals surface area contributed by atoms with Gasteiger partial charge < -0.3 is 0 Å². The van der Waals surface area contributed by atoms with E-state index in [1.165, 1.54) is 15.4 Å². The van der Waals surface area contributed by atoms with Crippen LogP contribution in [0.2, 0.25) is 0 Å². The van der Waals surface area contributed by atoms with E-state index < -0.39 is 0 Å². The summed E-state index contributed by atoms with van der Waals surface area (Å²) in [6, 6.07) is 4.21. The molecule has 0 fully saturated rings. The molecule has 0 N–H and O–H groups in total. The molecule has 0 aromatic carbocycles. The first kappa shape index (κ1) is 10.3. The van der Waals surface area contributed by atoms with Crippen molar-refractivity contribution >= 4 is 39.2 Å². The molecule has 3 aromatic heterocycles. The van der Waals surface area contributed by atoms with E-state index in [0.29, 0.717) is 5.88 Å². The molecule has 3 aromatic rings. The Morgan fingerprint density at radius 2 is 2.38 bits per heavy atom. The van der Waals surface area contributed by atoms with Crippen LogP contribution in [0.5, 0.6) is 0 Å². The number of fused-ring (bicyclic) bond motifs is 1. The topological polar surface area (TPSA) is 17.3 Å². The minimum absolute atomic E-state index is 0.470. The molecule has 16 heavy (non-hydrogen) atoms. The Balaban J connectivity index is 2.29. The molecule has 0 saturated heterocycles. The Labute approximate surface area is 106 Å². The molecule has 5 heteroatoms. The molecule has 2 nitrogen and oxygen atoms in total. The summed E-state index contributed by atoms with van der Waals surface area (Å²) in [5, 5.41) is 2.09. The molecule has 3 heterocycles. The van der Waals surface area contributed by atoms with Gasteiger partial charge in [-0.15, -0.1) is 34.3 Å². The summed E-state index contributed by atoms with van der Waals surface area (Å²) in [6.07, 6.45) is 2.03. The number of rotatable bonds is 2. The lowest BCUT2D eigenvalue weighted by molar-refractivity contribution is 1.21. The minimum Gasteiger partial charge on any atom is -0.289 e. The van der Waals surface area contributed by atoms with Crippen molar-refractivity contribution in [2.24, 2.45) is 0 Å². The molecule has 0 radical (unpaired) electrons. The number of halogens is 1. The third-order valence-corrected chi connectivity index (χ3v) is 4.55. The smallest absolute Gasteiger partial charge is 0.194 e. The predicted molar refractivity (Wildman–Crippen MR) is 70.7 cm³/mol. The second kappa shape index (κ2) is 3.87. The van der Waals surface area contributed by atoms with Crippen LogP contribution in [0.1, 0.15) is 10.6 Å². The van der Waals surface area contributed by atoms with Crippen molar-refractivity contribution in [3.05, 3.63) is 34.3 Å². The first-order valence-corrected chi connectivity index (χ1v) is 7.10. The van der Waals surface area contributed by atoms with Gasteiger partial charge in [-0.2, -0.15) is 0 Å². The molecule has 0 saturated carbocycles. The van der Waals surface area contributed by atoms with Crippen LogP contribution in [0.25, 0.3) is 15.5 Å². The van der Waals surface area contributed by atoms with Crippen molar-refractivity contribution in [2.45, 2.75) is 12.8 Å². The molecule has 0 bridgehead atoms. The number of imidazole rings is 1. The molecular formula is C11H9ClN2S2. The van der Waals surface area contributed by atoms with Crippen molar-refractivity contribution in [3.8, 4) is 10.6 Å². The van der Waals surface area contributed by atoms with E-state index in [1.807, 2.05) is 6.20 Å². The standard InChI is InChI=1S/C11H9ClN2S2/c1-7-10(9-3-2-4-15-9)14-6-8(5-12)13-11(14)16-7/h2-4,6H,5H2,1H3. The van der Waals surface area contributed by atoms with Crippen molar-refractivity contribution in [1.82, 2.24) is 9.38 Å². The fourth-order valence-corrected chi connectivity index (χ4v) is 3.77. The zero-order chi connectivity index (χ0) is 11.1. The average Bonchev–Trinajstić information content (AvgIpc) is 2.92. The lowest BCUT2D eigenvalue weighted by atomic mass is 10.3. The molecule has 0 aliphatic carbocycles. The number of alkyl halides is 1. The third-order valence-electron chi connectivity index (χ3n) is 2.43. The lowest BCUT2D eigenvalue weighted by Gasteiger charge is -1.96. The monoisotopic (exact) mass is 268 g/mol. The maximum atomic E-state index is 5.80. The van der Waals surface area contributed by atoms with Gasteiger partial charge >= 0.3 is 0 Å². The van der Waals surface area contributed by atoms with Crippen LogP contribution in [0.4, 0.5) is 0 Å².